The highest BCUT2D eigenvalue weighted by Gasteiger charge is 2.16. The summed E-state index contributed by atoms with van der Waals surface area (Å²) >= 11 is 2.77. The first-order chi connectivity index (χ1) is 16.3. The van der Waals surface area contributed by atoms with E-state index in [0.29, 0.717) is 5.69 Å². The Morgan fingerprint density at radius 2 is 1.74 bits per heavy atom. The number of thioether (sulfide) groups is 1. The van der Waals surface area contributed by atoms with Gasteiger partial charge in [0.2, 0.25) is 5.91 Å². The number of rotatable bonds is 7. The Labute approximate surface area is 204 Å². The van der Waals surface area contributed by atoms with Gasteiger partial charge in [-0.15, -0.1) is 11.3 Å². The summed E-state index contributed by atoms with van der Waals surface area (Å²) < 4.78 is 1.59. The molecular formula is C25H21N3O4S2. The smallest absolute Gasteiger partial charge is 0.336 e. The second-order valence-electron chi connectivity index (χ2n) is 7.62. The number of benzene rings is 3. The number of nitrogens with zero attached hydrogens (tertiary/aromatic N) is 1. The topological polar surface area (TPSA) is 108 Å². The average Bonchev–Trinajstić information content (AvgIpc) is 3.22. The number of carboxylic acids is 1. The Hall–Kier alpha value is -3.69. The lowest BCUT2D eigenvalue weighted by atomic mass is 10.1. The number of anilines is 2. The lowest BCUT2D eigenvalue weighted by Crippen LogP contribution is -2.16. The third kappa shape index (κ3) is 5.44. The molecule has 0 saturated carbocycles. The van der Waals surface area contributed by atoms with Crippen molar-refractivity contribution in [2.75, 3.05) is 16.4 Å². The van der Waals surface area contributed by atoms with Crippen LogP contribution in [0.1, 0.15) is 31.8 Å². The van der Waals surface area contributed by atoms with Gasteiger partial charge in [-0.25, -0.2) is 9.78 Å². The first-order valence-corrected chi connectivity index (χ1v) is 12.1. The Bertz CT molecular complexity index is 1410. The van der Waals surface area contributed by atoms with Crippen LogP contribution >= 0.6 is 23.1 Å². The summed E-state index contributed by atoms with van der Waals surface area (Å²) in [6, 6.07) is 17.2. The Balaban J connectivity index is 1.41. The zero-order valence-corrected chi connectivity index (χ0v) is 20.0. The molecule has 0 unspecified atom stereocenters. The standard InChI is InChI=1S/C25H21N3O4S2/c1-14-7-9-19(15(2)11-14)27-22(29)13-33-25-28-20-10-8-16(12-21(20)34-25)26-23(30)17-5-3-4-6-18(17)24(31)32/h3-12H,13H2,1-2H3,(H,26,30)(H,27,29)(H,31,32). The zero-order valence-electron chi connectivity index (χ0n) is 18.4. The third-order valence-electron chi connectivity index (χ3n) is 5.01. The van der Waals surface area contributed by atoms with E-state index in [1.54, 1.807) is 30.3 Å². The van der Waals surface area contributed by atoms with E-state index in [-0.39, 0.29) is 22.8 Å². The van der Waals surface area contributed by atoms with Crippen LogP contribution in [0.2, 0.25) is 0 Å². The van der Waals surface area contributed by atoms with E-state index in [0.717, 1.165) is 31.4 Å². The quantitative estimate of drug-likeness (QED) is 0.291. The van der Waals surface area contributed by atoms with E-state index in [1.165, 1.54) is 35.2 Å². The second kappa shape index (κ2) is 10.1. The maximum atomic E-state index is 12.6. The summed E-state index contributed by atoms with van der Waals surface area (Å²) in [5.41, 5.74) is 4.27. The molecule has 0 aliphatic rings. The summed E-state index contributed by atoms with van der Waals surface area (Å²) in [7, 11) is 0. The number of carbonyl (C=O) groups is 3. The number of thiazole rings is 1. The molecule has 34 heavy (non-hydrogen) atoms. The third-order valence-corrected chi connectivity index (χ3v) is 7.17. The van der Waals surface area contributed by atoms with Gasteiger partial charge in [0, 0.05) is 11.4 Å². The lowest BCUT2D eigenvalue weighted by molar-refractivity contribution is -0.113. The molecular weight excluding hydrogens is 470 g/mol. The van der Waals surface area contributed by atoms with Crippen LogP contribution < -0.4 is 10.6 Å². The van der Waals surface area contributed by atoms with E-state index < -0.39 is 11.9 Å². The van der Waals surface area contributed by atoms with Crippen LogP contribution in [0.25, 0.3) is 10.2 Å². The minimum Gasteiger partial charge on any atom is -0.478 e. The molecule has 7 nitrogen and oxygen atoms in total. The normalized spacial score (nSPS) is 10.8. The van der Waals surface area contributed by atoms with Gasteiger partial charge in [0.1, 0.15) is 0 Å². The van der Waals surface area contributed by atoms with Crippen LogP contribution in [0.15, 0.2) is 65.0 Å². The van der Waals surface area contributed by atoms with Gasteiger partial charge in [-0.05, 0) is 55.8 Å². The summed E-state index contributed by atoms with van der Waals surface area (Å²) in [4.78, 5) is 40.9. The Kier molecular flexibility index (Phi) is 6.95. The van der Waals surface area contributed by atoms with Gasteiger partial charge >= 0.3 is 5.97 Å². The summed E-state index contributed by atoms with van der Waals surface area (Å²) in [5.74, 6) is -1.55. The van der Waals surface area contributed by atoms with Crippen molar-refractivity contribution < 1.29 is 19.5 Å². The molecule has 172 valence electrons. The van der Waals surface area contributed by atoms with Crippen LogP contribution in [0, 0.1) is 13.8 Å². The van der Waals surface area contributed by atoms with Gasteiger partial charge < -0.3 is 15.7 Å². The molecule has 0 aliphatic heterocycles. The van der Waals surface area contributed by atoms with E-state index >= 15 is 0 Å². The van der Waals surface area contributed by atoms with E-state index in [4.69, 9.17) is 0 Å². The van der Waals surface area contributed by atoms with Crippen molar-refractivity contribution in [1.29, 1.82) is 0 Å². The molecule has 4 rings (SSSR count). The molecule has 0 aliphatic carbocycles. The number of nitrogens with one attached hydrogen (secondary N) is 2. The molecule has 0 atom stereocenters. The van der Waals surface area contributed by atoms with Crippen molar-refractivity contribution in [2.45, 2.75) is 18.2 Å². The fourth-order valence-corrected chi connectivity index (χ4v) is 5.28. The molecule has 0 fully saturated rings. The molecule has 0 spiro atoms. The summed E-state index contributed by atoms with van der Waals surface area (Å²) in [5, 5.41) is 15.0. The van der Waals surface area contributed by atoms with Gasteiger partial charge in [-0.2, -0.15) is 0 Å². The van der Waals surface area contributed by atoms with E-state index in [2.05, 4.69) is 15.6 Å². The van der Waals surface area contributed by atoms with Gasteiger partial charge in [0.25, 0.3) is 5.91 Å². The molecule has 0 saturated heterocycles. The number of fused-ring (bicyclic) bond motifs is 1. The number of aromatic nitrogens is 1. The number of carboxylic acid groups (broad SMARTS) is 1. The predicted molar refractivity (Wildman–Crippen MR) is 136 cm³/mol. The van der Waals surface area contributed by atoms with Gasteiger partial charge in [-0.1, -0.05) is 41.6 Å². The molecule has 0 radical (unpaired) electrons. The number of aryl methyl sites for hydroxylation is 2. The number of hydrogen-bond donors (Lipinski definition) is 3. The molecule has 1 aromatic heterocycles. The maximum Gasteiger partial charge on any atom is 0.336 e. The molecule has 3 N–H and O–H groups in total. The average molecular weight is 492 g/mol. The lowest BCUT2D eigenvalue weighted by Gasteiger charge is -2.08. The van der Waals surface area contributed by atoms with Crippen LogP contribution in [0.5, 0.6) is 0 Å². The van der Waals surface area contributed by atoms with Crippen molar-refractivity contribution in [3.63, 3.8) is 0 Å². The highest BCUT2D eigenvalue weighted by molar-refractivity contribution is 8.01. The highest BCUT2D eigenvalue weighted by atomic mass is 32.2. The molecule has 4 aromatic rings. The number of carbonyl (C=O) groups excluding carboxylic acids is 2. The fourth-order valence-electron chi connectivity index (χ4n) is 3.38. The van der Waals surface area contributed by atoms with Gasteiger partial charge in [0.05, 0.1) is 27.1 Å². The number of amides is 2. The Morgan fingerprint density at radius 1 is 0.971 bits per heavy atom. The molecule has 9 heteroatoms. The fraction of sp³-hybridized carbons (Fsp3) is 0.120. The Morgan fingerprint density at radius 3 is 2.47 bits per heavy atom. The van der Waals surface area contributed by atoms with E-state index in [9.17, 15) is 19.5 Å². The highest BCUT2D eigenvalue weighted by Crippen LogP contribution is 2.31. The van der Waals surface area contributed by atoms with Crippen molar-refractivity contribution in [2.24, 2.45) is 0 Å². The SMILES string of the molecule is Cc1ccc(NC(=O)CSc2nc3ccc(NC(=O)c4ccccc4C(=O)O)cc3s2)c(C)c1. The minimum absolute atomic E-state index is 0.0586. The minimum atomic E-state index is -1.16. The first-order valence-electron chi connectivity index (χ1n) is 10.3. The van der Waals surface area contributed by atoms with Crippen LogP contribution in [0.3, 0.4) is 0 Å². The van der Waals surface area contributed by atoms with E-state index in [1.807, 2.05) is 32.0 Å². The van der Waals surface area contributed by atoms with Gasteiger partial charge in [-0.3, -0.25) is 9.59 Å². The van der Waals surface area contributed by atoms with Crippen molar-refractivity contribution in [1.82, 2.24) is 4.98 Å². The number of hydrogen-bond acceptors (Lipinski definition) is 6. The van der Waals surface area contributed by atoms with Crippen molar-refractivity contribution in [3.8, 4) is 0 Å². The van der Waals surface area contributed by atoms with Crippen LogP contribution in [-0.4, -0.2) is 33.6 Å². The van der Waals surface area contributed by atoms with Crippen molar-refractivity contribution in [3.05, 3.63) is 82.9 Å². The van der Waals surface area contributed by atoms with Crippen LogP contribution in [0.4, 0.5) is 11.4 Å². The van der Waals surface area contributed by atoms with Crippen LogP contribution in [-0.2, 0) is 4.79 Å². The first kappa shape index (κ1) is 23.5. The predicted octanol–water partition coefficient (Wildman–Crippen LogP) is 5.59. The molecule has 1 heterocycles. The molecule has 0 bridgehead atoms. The maximum absolute atomic E-state index is 12.6. The van der Waals surface area contributed by atoms with Gasteiger partial charge in [0.15, 0.2) is 4.34 Å². The summed E-state index contributed by atoms with van der Waals surface area (Å²) in [6.07, 6.45) is 0. The molecule has 2 amide bonds. The number of aromatic carboxylic acids is 1. The monoisotopic (exact) mass is 491 g/mol. The second-order valence-corrected chi connectivity index (χ2v) is 9.88. The summed E-state index contributed by atoms with van der Waals surface area (Å²) in [6.45, 7) is 3.97. The zero-order chi connectivity index (χ0) is 24.2. The molecule has 3 aromatic carbocycles. The van der Waals surface area contributed by atoms with Crippen molar-refractivity contribution >= 4 is 62.5 Å². The largest absolute Gasteiger partial charge is 0.478 e.